The van der Waals surface area contributed by atoms with Gasteiger partial charge in [0.25, 0.3) is 0 Å². The fourth-order valence-electron chi connectivity index (χ4n) is 7.71. The minimum Gasteiger partial charge on any atom is -0.460 e. The normalized spacial score (nSPS) is 27.4. The molecule has 0 bridgehead atoms. The van der Waals surface area contributed by atoms with Crippen molar-refractivity contribution in [2.75, 3.05) is 26.4 Å². The van der Waals surface area contributed by atoms with Crippen molar-refractivity contribution < 1.29 is 88.4 Å². The molecular formula is C42H61BrN6O18. The molecule has 0 saturated carbocycles. The van der Waals surface area contributed by atoms with Crippen LogP contribution in [0, 0.1) is 10.8 Å². The van der Waals surface area contributed by atoms with Gasteiger partial charge in [-0.2, -0.15) is 0 Å². The Bertz CT molecular complexity index is 2040. The lowest BCUT2D eigenvalue weighted by Gasteiger charge is -2.39. The Balaban J connectivity index is 1.17. The average molecular weight is 1020 g/mol. The van der Waals surface area contributed by atoms with Gasteiger partial charge in [-0.3, -0.25) is 19.1 Å². The smallest absolute Gasteiger partial charge is 0.323 e. The highest BCUT2D eigenvalue weighted by Crippen LogP contribution is 2.44. The molecule has 2 aliphatic rings. The molecule has 2 aliphatic heterocycles. The van der Waals surface area contributed by atoms with Crippen LogP contribution in [0.4, 0.5) is 0 Å². The molecule has 0 spiro atoms. The molecule has 4 heterocycles. The molecule has 5 rings (SSSR count). The first-order valence-electron chi connectivity index (χ1n) is 21.5. The zero-order valence-electron chi connectivity index (χ0n) is 37.5. The predicted octanol–water partition coefficient (Wildman–Crippen LogP) is -1.61. The zero-order valence-corrected chi connectivity index (χ0v) is 39.1. The number of rotatable bonds is 24. The first-order chi connectivity index (χ1) is 31.7. The van der Waals surface area contributed by atoms with Gasteiger partial charge in [0.1, 0.15) is 84.4 Å². The number of ether oxygens (including phenoxy) is 7. The van der Waals surface area contributed by atoms with E-state index in [1.54, 1.807) is 39.1 Å². The van der Waals surface area contributed by atoms with Crippen LogP contribution in [-0.4, -0.2) is 181 Å². The number of halogens is 1. The van der Waals surface area contributed by atoms with E-state index < -0.39 is 108 Å². The Morgan fingerprint density at radius 1 is 0.642 bits per heavy atom. The van der Waals surface area contributed by atoms with Gasteiger partial charge in [-0.15, -0.1) is 10.2 Å². The number of aliphatic hydroxyl groups is 8. The second kappa shape index (κ2) is 24.0. The highest BCUT2D eigenvalue weighted by molar-refractivity contribution is 9.10. The molecule has 0 aliphatic carbocycles. The van der Waals surface area contributed by atoms with E-state index in [2.05, 4.69) is 36.6 Å². The van der Waals surface area contributed by atoms with Crippen molar-refractivity contribution in [3.05, 3.63) is 59.7 Å². The summed E-state index contributed by atoms with van der Waals surface area (Å²) in [6, 6.07) is 9.07. The van der Waals surface area contributed by atoms with Crippen LogP contribution >= 0.6 is 15.9 Å². The molecule has 25 heteroatoms. The molecule has 24 nitrogen and oxygen atoms in total. The van der Waals surface area contributed by atoms with Gasteiger partial charge in [0.15, 0.2) is 12.6 Å². The lowest BCUT2D eigenvalue weighted by Crippen LogP contribution is -2.59. The van der Waals surface area contributed by atoms with Gasteiger partial charge in [0, 0.05) is 6.54 Å². The molecule has 67 heavy (non-hydrogen) atoms. The second-order valence-corrected chi connectivity index (χ2v) is 19.4. The molecule has 0 amide bonds. The number of aryl methyl sites for hydroxylation is 1. The minimum absolute atomic E-state index is 0.00181. The number of carbonyl (C=O) groups is 3. The van der Waals surface area contributed by atoms with E-state index in [0.717, 1.165) is 5.56 Å². The van der Waals surface area contributed by atoms with Crippen LogP contribution < -0.4 is 0 Å². The van der Waals surface area contributed by atoms with E-state index in [1.807, 2.05) is 18.2 Å². The number of carbonyl (C=O) groups excluding carboxylic acids is 3. The van der Waals surface area contributed by atoms with Crippen LogP contribution in [0.25, 0.3) is 0 Å². The van der Waals surface area contributed by atoms with Crippen LogP contribution in [-0.2, 0) is 80.5 Å². The molecule has 12 atom stereocenters. The lowest BCUT2D eigenvalue weighted by atomic mass is 9.69. The van der Waals surface area contributed by atoms with Gasteiger partial charge < -0.3 is 74.0 Å². The maximum atomic E-state index is 14.2. The SMILES string of the molecule is CC(C)(CC(C)(CC(C)(Br)C(=O)OCc1cn(CCO[C@@H]2OC(CO)[C@H](O)[C@H](O)C2O)nn1)C(=O)OCc1cn(CCCO[C@@H]2OC(CO)[C@H](O)[C@H](O)C2O)nn1)C(=O)OCc1ccccc1. The summed E-state index contributed by atoms with van der Waals surface area (Å²) in [5.41, 5.74) is -1.49. The van der Waals surface area contributed by atoms with E-state index in [1.165, 1.54) is 22.5 Å². The molecule has 2 aromatic heterocycles. The molecular weight excluding hydrogens is 956 g/mol. The van der Waals surface area contributed by atoms with E-state index in [0.29, 0.717) is 6.42 Å². The third-order valence-electron chi connectivity index (χ3n) is 11.2. The summed E-state index contributed by atoms with van der Waals surface area (Å²) in [7, 11) is 0. The van der Waals surface area contributed by atoms with Crippen molar-refractivity contribution >= 4 is 33.8 Å². The number of alkyl halides is 1. The summed E-state index contributed by atoms with van der Waals surface area (Å²) < 4.78 is 40.1. The summed E-state index contributed by atoms with van der Waals surface area (Å²) in [6.07, 6.45) is -11.2. The van der Waals surface area contributed by atoms with Crippen molar-refractivity contribution in [2.45, 2.75) is 146 Å². The Labute approximate surface area is 393 Å². The van der Waals surface area contributed by atoms with Crippen LogP contribution in [0.5, 0.6) is 0 Å². The quantitative estimate of drug-likeness (QED) is 0.0217. The number of benzene rings is 1. The number of esters is 3. The number of aromatic nitrogens is 6. The zero-order chi connectivity index (χ0) is 49.1. The van der Waals surface area contributed by atoms with Gasteiger partial charge in [-0.05, 0) is 52.5 Å². The Hall–Kier alpha value is -4.09. The van der Waals surface area contributed by atoms with Crippen LogP contribution in [0.15, 0.2) is 42.7 Å². The maximum absolute atomic E-state index is 14.2. The van der Waals surface area contributed by atoms with Crippen molar-refractivity contribution in [3.63, 3.8) is 0 Å². The van der Waals surface area contributed by atoms with E-state index >= 15 is 0 Å². The van der Waals surface area contributed by atoms with Gasteiger partial charge in [-0.25, -0.2) is 4.68 Å². The number of nitrogens with zero attached hydrogens (tertiary/aromatic N) is 6. The highest BCUT2D eigenvalue weighted by Gasteiger charge is 2.50. The second-order valence-electron chi connectivity index (χ2n) is 17.6. The standard InChI is InChI=1S/C42H61BrN6O18/c1-40(2,37(58)63-19-24-9-6-5-7-10-24)22-41(3,38(59)64-20-25-15-48(46-44-25)11-8-13-61-35-33(56)31(54)29(52)27(17-50)66-35)23-42(4,43)39(60)65-21-26-16-49(47-45-26)12-14-62-36-34(57)32(55)30(53)28(18-51)67-36/h5-7,9-10,15-16,27-36,50-57H,8,11-14,17-23H2,1-4H3/t27?,28?,29-,30-,31-,32-,33?,34?,35+,36+,41?,42?/m0/s1. The fourth-order valence-corrected chi connectivity index (χ4v) is 8.44. The third-order valence-corrected chi connectivity index (χ3v) is 11.8. The largest absolute Gasteiger partial charge is 0.460 e. The van der Waals surface area contributed by atoms with Gasteiger partial charge in [-0.1, -0.05) is 56.7 Å². The number of aliphatic hydroxyl groups excluding tert-OH is 8. The van der Waals surface area contributed by atoms with Gasteiger partial charge in [0.05, 0.1) is 56.2 Å². The molecule has 2 fully saturated rings. The molecule has 6 unspecified atom stereocenters. The molecule has 3 aromatic rings. The Morgan fingerprint density at radius 2 is 1.13 bits per heavy atom. The van der Waals surface area contributed by atoms with Crippen molar-refractivity contribution in [1.82, 2.24) is 30.0 Å². The average Bonchev–Trinajstić information content (AvgIpc) is 3.97. The van der Waals surface area contributed by atoms with Crippen molar-refractivity contribution in [2.24, 2.45) is 10.8 Å². The topological polar surface area (TPSA) is 339 Å². The van der Waals surface area contributed by atoms with E-state index in [-0.39, 0.29) is 70.4 Å². The first-order valence-corrected chi connectivity index (χ1v) is 22.3. The number of hydrogen-bond acceptors (Lipinski definition) is 22. The van der Waals surface area contributed by atoms with Crippen LogP contribution in [0.3, 0.4) is 0 Å². The summed E-state index contributed by atoms with van der Waals surface area (Å²) in [5, 5.41) is 95.3. The highest BCUT2D eigenvalue weighted by atomic mass is 79.9. The molecule has 374 valence electrons. The molecule has 1 aromatic carbocycles. The summed E-state index contributed by atoms with van der Waals surface area (Å²) >= 11 is 3.47. The van der Waals surface area contributed by atoms with Crippen molar-refractivity contribution in [1.29, 1.82) is 0 Å². The first kappa shape index (κ1) is 53.9. The van der Waals surface area contributed by atoms with Crippen molar-refractivity contribution in [3.8, 4) is 0 Å². The van der Waals surface area contributed by atoms with Gasteiger partial charge in [0.2, 0.25) is 0 Å². The number of hydrogen-bond donors (Lipinski definition) is 8. The summed E-state index contributed by atoms with van der Waals surface area (Å²) in [6.45, 7) is 4.82. The fraction of sp³-hybridized carbons (Fsp3) is 0.690. The van der Waals surface area contributed by atoms with Crippen LogP contribution in [0.1, 0.15) is 63.9 Å². The molecule has 8 N–H and O–H groups in total. The molecule has 0 radical (unpaired) electrons. The van der Waals surface area contributed by atoms with Crippen LogP contribution in [0.2, 0.25) is 0 Å². The monoisotopic (exact) mass is 1020 g/mol. The Kier molecular flexibility index (Phi) is 19.3. The maximum Gasteiger partial charge on any atom is 0.323 e. The van der Waals surface area contributed by atoms with E-state index in [4.69, 9.17) is 33.2 Å². The molecule has 2 saturated heterocycles. The third kappa shape index (κ3) is 14.5. The predicted molar refractivity (Wildman–Crippen MR) is 228 cm³/mol. The summed E-state index contributed by atoms with van der Waals surface area (Å²) in [5.74, 6) is -2.12. The van der Waals surface area contributed by atoms with E-state index in [9.17, 15) is 55.2 Å². The lowest BCUT2D eigenvalue weighted by molar-refractivity contribution is -0.301. The Morgan fingerprint density at radius 3 is 1.67 bits per heavy atom. The minimum atomic E-state index is -1.60. The summed E-state index contributed by atoms with van der Waals surface area (Å²) in [4.78, 5) is 41.4. The van der Waals surface area contributed by atoms with Gasteiger partial charge >= 0.3 is 17.9 Å².